The normalized spacial score (nSPS) is 14.1. The minimum absolute atomic E-state index is 0.0147. The summed E-state index contributed by atoms with van der Waals surface area (Å²) in [7, 11) is 0.589. The highest BCUT2D eigenvalue weighted by molar-refractivity contribution is 7.44. The van der Waals surface area contributed by atoms with E-state index >= 15 is 0 Å². The van der Waals surface area contributed by atoms with E-state index < -0.39 is 26.0 Å². The monoisotopic (exact) mass is 790 g/mol. The maximum atomic E-state index is 12.8. The minimum Gasteiger partial charge on any atom is -0.756 e. The quantitative estimate of drug-likeness (QED) is 0.0281. The highest BCUT2D eigenvalue weighted by atomic mass is 31.2. The fraction of sp³-hybridized carbons (Fsp3) is 0.955. The van der Waals surface area contributed by atoms with E-state index in [-0.39, 0.29) is 32.0 Å². The van der Waals surface area contributed by atoms with Crippen molar-refractivity contribution in [2.75, 3.05) is 34.3 Å². The lowest BCUT2D eigenvalue weighted by molar-refractivity contribution is -0.873. The SMILES string of the molecule is CCCCCCCCCCCCCCCCCC(=O)OCC(CC(C[N+](C)(C)C)OP(=O)([O-])O)OC(=O)CCCCCCCCCCCCCCCCC. The lowest BCUT2D eigenvalue weighted by Crippen LogP contribution is -2.44. The minimum atomic E-state index is -5.03. The van der Waals surface area contributed by atoms with Gasteiger partial charge in [-0.15, -0.1) is 0 Å². The van der Waals surface area contributed by atoms with Crippen molar-refractivity contribution in [1.82, 2.24) is 0 Å². The molecule has 0 amide bonds. The molecule has 0 aromatic rings. The fourth-order valence-corrected chi connectivity index (χ4v) is 7.71. The Morgan fingerprint density at radius 1 is 0.537 bits per heavy atom. The molecule has 0 aliphatic heterocycles. The summed E-state index contributed by atoms with van der Waals surface area (Å²) in [6, 6.07) is 0. The van der Waals surface area contributed by atoms with Crippen molar-refractivity contribution in [3.63, 3.8) is 0 Å². The number of ether oxygens (including phenoxy) is 2. The number of esters is 2. The summed E-state index contributed by atoms with van der Waals surface area (Å²) < 4.78 is 28.3. The number of hydrogen-bond donors (Lipinski definition) is 1. The first-order chi connectivity index (χ1) is 25.9. The van der Waals surface area contributed by atoms with Gasteiger partial charge in [0.2, 0.25) is 0 Å². The van der Waals surface area contributed by atoms with E-state index in [4.69, 9.17) is 14.0 Å². The third-order valence-corrected chi connectivity index (χ3v) is 10.8. The lowest BCUT2D eigenvalue weighted by Gasteiger charge is -2.32. The second-order valence-corrected chi connectivity index (χ2v) is 18.2. The van der Waals surface area contributed by atoms with Crippen LogP contribution in [-0.2, 0) is 28.2 Å². The average Bonchev–Trinajstić information content (AvgIpc) is 3.09. The van der Waals surface area contributed by atoms with Crippen molar-refractivity contribution in [3.05, 3.63) is 0 Å². The molecule has 0 saturated heterocycles. The smallest absolute Gasteiger partial charge is 0.306 e. The molecular formula is C44H88NO8P. The summed E-state index contributed by atoms with van der Waals surface area (Å²) in [6.07, 6.45) is 36.1. The molecule has 0 radical (unpaired) electrons. The molecule has 0 aliphatic rings. The number of quaternary nitrogens is 1. The number of phosphoric ester groups is 1. The van der Waals surface area contributed by atoms with E-state index in [0.29, 0.717) is 17.3 Å². The van der Waals surface area contributed by atoms with Gasteiger partial charge in [0.05, 0.1) is 21.1 Å². The van der Waals surface area contributed by atoms with Crippen LogP contribution >= 0.6 is 7.82 Å². The molecule has 0 aromatic carbocycles. The van der Waals surface area contributed by atoms with Gasteiger partial charge in [0.1, 0.15) is 25.4 Å². The molecule has 0 aliphatic carbocycles. The van der Waals surface area contributed by atoms with Gasteiger partial charge in [-0.25, -0.2) is 0 Å². The summed E-state index contributed by atoms with van der Waals surface area (Å²) in [4.78, 5) is 46.5. The van der Waals surface area contributed by atoms with Gasteiger partial charge in [-0.05, 0) is 12.8 Å². The van der Waals surface area contributed by atoms with Crippen molar-refractivity contribution in [2.24, 2.45) is 0 Å². The van der Waals surface area contributed by atoms with E-state index in [0.717, 1.165) is 32.1 Å². The Morgan fingerprint density at radius 2 is 0.852 bits per heavy atom. The first-order valence-corrected chi connectivity index (χ1v) is 24.2. The Morgan fingerprint density at radius 3 is 1.17 bits per heavy atom. The zero-order valence-electron chi connectivity index (χ0n) is 36.1. The van der Waals surface area contributed by atoms with Crippen molar-refractivity contribution in [1.29, 1.82) is 0 Å². The Balaban J connectivity index is 4.44. The third kappa shape index (κ3) is 40.7. The van der Waals surface area contributed by atoms with E-state index in [1.807, 2.05) is 21.1 Å². The van der Waals surface area contributed by atoms with Crippen molar-refractivity contribution in [3.8, 4) is 0 Å². The molecule has 9 nitrogen and oxygen atoms in total. The standard InChI is InChI=1S/C44H88NO8P/c1-6-8-10-12-14-16-18-20-22-24-26-28-30-32-34-36-43(46)51-40-42(38-41(39-45(3,4)5)53-54(48,49)50)52-44(47)37-35-33-31-29-27-25-23-21-19-17-15-13-11-9-7-2/h41-42H,6-40H2,1-5H3,(H-,48,49,50). The zero-order valence-corrected chi connectivity index (χ0v) is 37.0. The highest BCUT2D eigenvalue weighted by Crippen LogP contribution is 2.34. The van der Waals surface area contributed by atoms with Crippen molar-refractivity contribution in [2.45, 2.75) is 238 Å². The van der Waals surface area contributed by atoms with Crippen molar-refractivity contribution >= 4 is 19.8 Å². The van der Waals surface area contributed by atoms with Crippen LogP contribution in [0.25, 0.3) is 0 Å². The number of likely N-dealkylation sites (N-methyl/N-ethyl adjacent to an activating group) is 1. The largest absolute Gasteiger partial charge is 0.756 e. The molecular weight excluding hydrogens is 701 g/mol. The first kappa shape index (κ1) is 53.0. The van der Waals surface area contributed by atoms with Gasteiger partial charge in [0.15, 0.2) is 0 Å². The number of nitrogens with zero attached hydrogens (tertiary/aromatic N) is 1. The Kier molecular flexibility index (Phi) is 35.7. The van der Waals surface area contributed by atoms with Crippen LogP contribution in [0.5, 0.6) is 0 Å². The molecule has 322 valence electrons. The Bertz CT molecular complexity index is 906. The summed E-state index contributed by atoms with van der Waals surface area (Å²) in [5, 5.41) is 0. The third-order valence-electron chi connectivity index (χ3n) is 10.3. The van der Waals surface area contributed by atoms with E-state index in [1.54, 1.807) is 0 Å². The molecule has 54 heavy (non-hydrogen) atoms. The molecule has 0 fully saturated rings. The average molecular weight is 790 g/mol. The van der Waals surface area contributed by atoms with Crippen molar-refractivity contribution < 1.29 is 42.4 Å². The van der Waals surface area contributed by atoms with Crippen LogP contribution < -0.4 is 4.89 Å². The van der Waals surface area contributed by atoms with Gasteiger partial charge in [0.25, 0.3) is 7.82 Å². The second kappa shape index (κ2) is 36.4. The highest BCUT2D eigenvalue weighted by Gasteiger charge is 2.29. The predicted molar refractivity (Wildman–Crippen MR) is 222 cm³/mol. The molecule has 3 unspecified atom stereocenters. The second-order valence-electron chi connectivity index (χ2n) is 17.1. The number of hydrogen-bond acceptors (Lipinski definition) is 7. The van der Waals surface area contributed by atoms with Gasteiger partial charge in [-0.3, -0.25) is 14.2 Å². The topological polar surface area (TPSA) is 122 Å². The van der Waals surface area contributed by atoms with Crippen LogP contribution in [0.15, 0.2) is 0 Å². The first-order valence-electron chi connectivity index (χ1n) is 22.7. The van der Waals surface area contributed by atoms with E-state index in [2.05, 4.69) is 13.8 Å². The number of phosphoric acid groups is 1. The Hall–Kier alpha value is -0.990. The van der Waals surface area contributed by atoms with Crippen LogP contribution in [0, 0.1) is 0 Å². The Labute approximate surface area is 333 Å². The maximum absolute atomic E-state index is 12.8. The number of unbranched alkanes of at least 4 members (excludes halogenated alkanes) is 28. The maximum Gasteiger partial charge on any atom is 0.306 e. The van der Waals surface area contributed by atoms with E-state index in [1.165, 1.54) is 154 Å². The summed E-state index contributed by atoms with van der Waals surface area (Å²) in [5.74, 6) is -0.750. The van der Waals surface area contributed by atoms with Gasteiger partial charge < -0.3 is 28.3 Å². The van der Waals surface area contributed by atoms with Crippen LogP contribution in [0.1, 0.15) is 226 Å². The molecule has 0 bridgehead atoms. The van der Waals surface area contributed by atoms with Crippen LogP contribution in [0.4, 0.5) is 0 Å². The predicted octanol–water partition coefficient (Wildman–Crippen LogP) is 11.9. The van der Waals surface area contributed by atoms with Crippen LogP contribution in [0.3, 0.4) is 0 Å². The summed E-state index contributed by atoms with van der Waals surface area (Å²) in [6.45, 7) is 4.59. The molecule has 0 heterocycles. The number of carbonyl (C=O) groups is 2. The lowest BCUT2D eigenvalue weighted by atomic mass is 10.0. The summed E-state index contributed by atoms with van der Waals surface area (Å²) >= 11 is 0. The van der Waals surface area contributed by atoms with E-state index in [9.17, 15) is 23.9 Å². The van der Waals surface area contributed by atoms with Crippen LogP contribution in [-0.4, -0.2) is 67.8 Å². The van der Waals surface area contributed by atoms with Gasteiger partial charge >= 0.3 is 11.9 Å². The molecule has 0 rings (SSSR count). The molecule has 0 saturated carbocycles. The molecule has 10 heteroatoms. The zero-order chi connectivity index (χ0) is 40.2. The fourth-order valence-electron chi connectivity index (χ4n) is 7.18. The number of rotatable bonds is 41. The molecule has 1 N–H and O–H groups in total. The van der Waals surface area contributed by atoms with Gasteiger partial charge in [0, 0.05) is 19.3 Å². The molecule has 0 aromatic heterocycles. The van der Waals surface area contributed by atoms with Gasteiger partial charge in [-0.2, -0.15) is 0 Å². The molecule has 3 atom stereocenters. The van der Waals surface area contributed by atoms with Crippen LogP contribution in [0.2, 0.25) is 0 Å². The number of carbonyl (C=O) groups excluding carboxylic acids is 2. The molecule has 0 spiro atoms. The van der Waals surface area contributed by atoms with Gasteiger partial charge in [-0.1, -0.05) is 194 Å². The summed E-state index contributed by atoms with van der Waals surface area (Å²) in [5.41, 5.74) is 0.